The second-order valence-electron chi connectivity index (χ2n) is 7.16. The van der Waals surface area contributed by atoms with Gasteiger partial charge in [0.1, 0.15) is 0 Å². The van der Waals surface area contributed by atoms with E-state index >= 15 is 0 Å². The van der Waals surface area contributed by atoms with Gasteiger partial charge in [0.05, 0.1) is 11.5 Å². The van der Waals surface area contributed by atoms with Gasteiger partial charge in [0, 0.05) is 30.6 Å². The average molecular weight is 418 g/mol. The first-order valence-electron chi connectivity index (χ1n) is 9.28. The summed E-state index contributed by atoms with van der Waals surface area (Å²) >= 11 is 0. The summed E-state index contributed by atoms with van der Waals surface area (Å²) in [4.78, 5) is 24.5. The van der Waals surface area contributed by atoms with E-state index in [4.69, 9.17) is 10.5 Å². The van der Waals surface area contributed by atoms with Crippen molar-refractivity contribution < 1.29 is 27.5 Å². The van der Waals surface area contributed by atoms with E-state index in [0.29, 0.717) is 5.56 Å². The van der Waals surface area contributed by atoms with E-state index in [1.165, 1.54) is 12.1 Å². The number of benzene rings is 2. The molecule has 5 nitrogen and oxygen atoms in total. The quantitative estimate of drug-likeness (QED) is 0.616. The van der Waals surface area contributed by atoms with E-state index in [9.17, 15) is 22.8 Å². The lowest BCUT2D eigenvalue weighted by Gasteiger charge is -2.18. The Morgan fingerprint density at radius 3 is 2.33 bits per heavy atom. The zero-order chi connectivity index (χ0) is 22.1. The van der Waals surface area contributed by atoms with Gasteiger partial charge in [-0.25, -0.2) is 0 Å². The summed E-state index contributed by atoms with van der Waals surface area (Å²) in [5, 5.41) is 0.891. The summed E-state index contributed by atoms with van der Waals surface area (Å²) in [6.07, 6.45) is -4.03. The Morgan fingerprint density at radius 2 is 1.73 bits per heavy atom. The first-order chi connectivity index (χ1) is 14.1. The minimum atomic E-state index is -4.46. The summed E-state index contributed by atoms with van der Waals surface area (Å²) in [5.41, 5.74) is 6.66. The largest absolute Gasteiger partial charge is 0.451 e. The molecular formula is C22H21F3N2O3. The fraction of sp³-hybridized carbons (Fsp3) is 0.273. The molecule has 2 unspecified atom stereocenters. The lowest BCUT2D eigenvalue weighted by molar-refractivity contribution is -0.155. The van der Waals surface area contributed by atoms with Gasteiger partial charge >= 0.3 is 12.1 Å². The monoisotopic (exact) mass is 418 g/mol. The highest BCUT2D eigenvalue weighted by Crippen LogP contribution is 2.30. The van der Waals surface area contributed by atoms with Crippen LogP contribution in [0.1, 0.15) is 29.5 Å². The molecule has 0 aliphatic heterocycles. The molecule has 30 heavy (non-hydrogen) atoms. The number of para-hydroxylation sites is 1. The highest BCUT2D eigenvalue weighted by Gasteiger charge is 2.31. The van der Waals surface area contributed by atoms with Crippen LogP contribution in [-0.4, -0.2) is 22.5 Å². The molecule has 0 spiro atoms. The summed E-state index contributed by atoms with van der Waals surface area (Å²) in [6.45, 7) is 1.67. The second kappa shape index (κ2) is 8.22. The Bertz CT molecular complexity index is 1070. The van der Waals surface area contributed by atoms with E-state index in [1.807, 2.05) is 42.1 Å². The number of ether oxygens (including phenoxy) is 1. The number of primary amides is 1. The van der Waals surface area contributed by atoms with Crippen LogP contribution < -0.4 is 5.73 Å². The Hall–Kier alpha value is -3.29. The predicted molar refractivity (Wildman–Crippen MR) is 106 cm³/mol. The van der Waals surface area contributed by atoms with Crippen LogP contribution in [0.4, 0.5) is 13.2 Å². The standard InChI is InChI=1S/C22H21F3N2O3/c1-13(17-12-27(2)18-6-4-3-5-16(17)18)21(29)30-19(20(26)28)11-14-7-9-15(10-8-14)22(23,24)25/h3-10,12-13,19H,11H2,1-2H3,(H2,26,28). The van der Waals surface area contributed by atoms with Crippen molar-refractivity contribution in [3.8, 4) is 0 Å². The Labute approximate surface area is 171 Å². The Balaban J connectivity index is 1.76. The number of rotatable bonds is 6. The van der Waals surface area contributed by atoms with Gasteiger partial charge in [0.15, 0.2) is 6.10 Å². The van der Waals surface area contributed by atoms with Crippen molar-refractivity contribution >= 4 is 22.8 Å². The Kier molecular flexibility index (Phi) is 5.87. The number of halogens is 3. The number of nitrogens with two attached hydrogens (primary N) is 1. The van der Waals surface area contributed by atoms with Crippen LogP contribution in [0.25, 0.3) is 10.9 Å². The normalized spacial score (nSPS) is 13.8. The van der Waals surface area contributed by atoms with Crippen molar-refractivity contribution in [2.45, 2.75) is 31.5 Å². The molecule has 0 bridgehead atoms. The van der Waals surface area contributed by atoms with Gasteiger partial charge in [-0.05, 0) is 36.2 Å². The van der Waals surface area contributed by atoms with Crippen LogP contribution in [0, 0.1) is 0 Å². The van der Waals surface area contributed by atoms with Crippen LogP contribution in [-0.2, 0) is 34.0 Å². The van der Waals surface area contributed by atoms with Crippen LogP contribution in [0.15, 0.2) is 54.7 Å². The van der Waals surface area contributed by atoms with Crippen molar-refractivity contribution in [2.75, 3.05) is 0 Å². The van der Waals surface area contributed by atoms with E-state index in [-0.39, 0.29) is 6.42 Å². The first-order valence-corrected chi connectivity index (χ1v) is 9.28. The third kappa shape index (κ3) is 4.48. The molecule has 0 saturated carbocycles. The van der Waals surface area contributed by atoms with E-state index in [2.05, 4.69) is 0 Å². The van der Waals surface area contributed by atoms with Gasteiger partial charge in [-0.1, -0.05) is 30.3 Å². The molecule has 158 valence electrons. The van der Waals surface area contributed by atoms with Gasteiger partial charge in [-0.3, -0.25) is 9.59 Å². The molecule has 0 fully saturated rings. The average Bonchev–Trinajstić information content (AvgIpc) is 3.03. The first kappa shape index (κ1) is 21.4. The molecule has 1 heterocycles. The van der Waals surface area contributed by atoms with Crippen molar-refractivity contribution in [2.24, 2.45) is 12.8 Å². The van der Waals surface area contributed by atoms with Crippen LogP contribution in [0.3, 0.4) is 0 Å². The summed E-state index contributed by atoms with van der Waals surface area (Å²) in [6, 6.07) is 11.9. The zero-order valence-corrected chi connectivity index (χ0v) is 16.4. The van der Waals surface area contributed by atoms with Gasteiger partial charge in [-0.2, -0.15) is 13.2 Å². The molecule has 0 radical (unpaired) electrons. The smallest absolute Gasteiger partial charge is 0.416 e. The number of amides is 1. The molecule has 1 amide bonds. The predicted octanol–water partition coefficient (Wildman–Crippen LogP) is 3.94. The number of carbonyl (C=O) groups excluding carboxylic acids is 2. The topological polar surface area (TPSA) is 74.3 Å². The zero-order valence-electron chi connectivity index (χ0n) is 16.4. The SMILES string of the molecule is CC(C(=O)OC(Cc1ccc(C(F)(F)F)cc1)C(N)=O)c1cn(C)c2ccccc12. The molecule has 2 N–H and O–H groups in total. The van der Waals surface area contributed by atoms with Crippen LogP contribution in [0.5, 0.6) is 0 Å². The number of aryl methyl sites for hydroxylation is 1. The number of esters is 1. The Morgan fingerprint density at radius 1 is 1.10 bits per heavy atom. The minimum Gasteiger partial charge on any atom is -0.451 e. The summed E-state index contributed by atoms with van der Waals surface area (Å²) in [7, 11) is 1.86. The second-order valence-corrected chi connectivity index (χ2v) is 7.16. The molecular weight excluding hydrogens is 397 g/mol. The maximum atomic E-state index is 12.7. The number of nitrogens with zero attached hydrogens (tertiary/aromatic N) is 1. The van der Waals surface area contributed by atoms with Gasteiger partial charge in [0.2, 0.25) is 0 Å². The van der Waals surface area contributed by atoms with Crippen LogP contribution in [0.2, 0.25) is 0 Å². The third-order valence-corrected chi connectivity index (χ3v) is 5.03. The number of aromatic nitrogens is 1. The maximum Gasteiger partial charge on any atom is 0.416 e. The molecule has 3 rings (SSSR count). The molecule has 0 aliphatic carbocycles. The number of alkyl halides is 3. The van der Waals surface area contributed by atoms with Crippen molar-refractivity contribution in [1.29, 1.82) is 0 Å². The van der Waals surface area contributed by atoms with E-state index in [0.717, 1.165) is 28.6 Å². The number of hydrogen-bond donors (Lipinski definition) is 1. The molecule has 0 saturated heterocycles. The highest BCUT2D eigenvalue weighted by molar-refractivity contribution is 5.91. The fourth-order valence-electron chi connectivity index (χ4n) is 3.33. The molecule has 3 aromatic rings. The summed E-state index contributed by atoms with van der Waals surface area (Å²) < 4.78 is 45.3. The van der Waals surface area contributed by atoms with Gasteiger partial charge in [-0.15, -0.1) is 0 Å². The van der Waals surface area contributed by atoms with E-state index < -0.39 is 35.6 Å². The maximum absolute atomic E-state index is 12.7. The van der Waals surface area contributed by atoms with E-state index in [1.54, 1.807) is 6.92 Å². The van der Waals surface area contributed by atoms with Gasteiger partial charge < -0.3 is 15.0 Å². The number of hydrogen-bond acceptors (Lipinski definition) is 3. The fourth-order valence-corrected chi connectivity index (χ4v) is 3.33. The third-order valence-electron chi connectivity index (χ3n) is 5.03. The number of fused-ring (bicyclic) bond motifs is 1. The van der Waals surface area contributed by atoms with Gasteiger partial charge in [0.25, 0.3) is 5.91 Å². The van der Waals surface area contributed by atoms with Crippen molar-refractivity contribution in [3.05, 3.63) is 71.4 Å². The molecule has 2 atom stereocenters. The molecule has 2 aromatic carbocycles. The molecule has 1 aromatic heterocycles. The summed E-state index contributed by atoms with van der Waals surface area (Å²) in [5.74, 6) is -2.17. The lowest BCUT2D eigenvalue weighted by Crippen LogP contribution is -2.36. The molecule has 8 heteroatoms. The number of carbonyl (C=O) groups is 2. The highest BCUT2D eigenvalue weighted by atomic mass is 19.4. The van der Waals surface area contributed by atoms with Crippen LogP contribution >= 0.6 is 0 Å². The molecule has 0 aliphatic rings. The minimum absolute atomic E-state index is 0.110. The lowest BCUT2D eigenvalue weighted by atomic mass is 10.0. The van der Waals surface area contributed by atoms with Crippen molar-refractivity contribution in [3.63, 3.8) is 0 Å². The van der Waals surface area contributed by atoms with Crippen molar-refractivity contribution in [1.82, 2.24) is 4.57 Å².